The van der Waals surface area contributed by atoms with Gasteiger partial charge in [0, 0.05) is 12.5 Å². The van der Waals surface area contributed by atoms with Crippen LogP contribution in [0.4, 0.5) is 10.5 Å². The molecular weight excluding hydrogens is 256 g/mol. The summed E-state index contributed by atoms with van der Waals surface area (Å²) in [6, 6.07) is 5.37. The molecule has 0 saturated carbocycles. The Labute approximate surface area is 119 Å². The molecule has 1 amide bonds. The van der Waals surface area contributed by atoms with Crippen LogP contribution in [0.25, 0.3) is 4.85 Å². The van der Waals surface area contributed by atoms with Crippen molar-refractivity contribution in [3.63, 3.8) is 0 Å². The lowest BCUT2D eigenvalue weighted by atomic mass is 10.1. The van der Waals surface area contributed by atoms with Crippen LogP contribution in [0.15, 0.2) is 18.2 Å². The van der Waals surface area contributed by atoms with Crippen molar-refractivity contribution in [1.82, 2.24) is 0 Å². The molecule has 0 aliphatic carbocycles. The van der Waals surface area contributed by atoms with Gasteiger partial charge in [0.25, 0.3) is 0 Å². The molecule has 0 atom stereocenters. The summed E-state index contributed by atoms with van der Waals surface area (Å²) in [6.07, 6.45) is 0.0494. The van der Waals surface area contributed by atoms with Crippen LogP contribution < -0.4 is 10.1 Å². The van der Waals surface area contributed by atoms with Gasteiger partial charge in [-0.2, -0.15) is 0 Å². The Bertz CT molecular complexity index is 513. The molecule has 5 heteroatoms. The molecule has 0 bridgehead atoms. The molecular formula is C15H20N2O3. The Balaban J connectivity index is 2.90. The van der Waals surface area contributed by atoms with Crippen molar-refractivity contribution in [2.45, 2.75) is 32.8 Å². The van der Waals surface area contributed by atoms with Crippen LogP contribution in [0.1, 0.15) is 26.3 Å². The van der Waals surface area contributed by atoms with Crippen molar-refractivity contribution in [3.8, 4) is 5.75 Å². The topological polar surface area (TPSA) is 51.9 Å². The number of hydrogen-bond acceptors (Lipinski definition) is 3. The summed E-state index contributed by atoms with van der Waals surface area (Å²) in [4.78, 5) is 15.1. The molecule has 0 aliphatic heterocycles. The fraction of sp³-hybridized carbons (Fsp3) is 0.467. The quantitative estimate of drug-likeness (QED) is 0.856. The number of benzene rings is 1. The number of methoxy groups -OCH3 is 1. The predicted molar refractivity (Wildman–Crippen MR) is 78.0 cm³/mol. The van der Waals surface area contributed by atoms with Crippen LogP contribution in [0, 0.1) is 6.57 Å². The molecule has 0 spiro atoms. The average molecular weight is 276 g/mol. The first kappa shape index (κ1) is 15.8. The number of hydrogen-bond donors (Lipinski definition) is 1. The number of amides is 1. The zero-order chi connectivity index (χ0) is 15.2. The minimum Gasteiger partial charge on any atom is -0.497 e. The van der Waals surface area contributed by atoms with Gasteiger partial charge in [0.05, 0.1) is 12.8 Å². The molecule has 20 heavy (non-hydrogen) atoms. The van der Waals surface area contributed by atoms with Gasteiger partial charge in [-0.05, 0) is 32.4 Å². The van der Waals surface area contributed by atoms with Crippen molar-refractivity contribution < 1.29 is 14.3 Å². The second-order valence-corrected chi connectivity index (χ2v) is 5.28. The first-order valence-electron chi connectivity index (χ1n) is 6.36. The van der Waals surface area contributed by atoms with Crippen LogP contribution in [0.2, 0.25) is 0 Å². The lowest BCUT2D eigenvalue weighted by Crippen LogP contribution is -2.27. The standard InChI is InChI=1S/C15H20N2O3/c1-15(2,3)20-14(18)17-13-10-12(19-5)7-6-11(13)8-9-16-4/h6-7,10H,8-9H2,1-3,5H3,(H,17,18). The van der Waals surface area contributed by atoms with E-state index < -0.39 is 11.7 Å². The normalized spacial score (nSPS) is 10.6. The Morgan fingerprint density at radius 1 is 1.40 bits per heavy atom. The van der Waals surface area contributed by atoms with Gasteiger partial charge in [-0.15, -0.1) is 0 Å². The predicted octanol–water partition coefficient (Wildman–Crippen LogP) is 3.50. The van der Waals surface area contributed by atoms with E-state index in [0.29, 0.717) is 24.4 Å². The molecule has 0 radical (unpaired) electrons. The maximum atomic E-state index is 11.8. The van der Waals surface area contributed by atoms with E-state index in [2.05, 4.69) is 10.2 Å². The third-order valence-electron chi connectivity index (χ3n) is 2.45. The summed E-state index contributed by atoms with van der Waals surface area (Å²) in [5, 5.41) is 2.71. The van der Waals surface area contributed by atoms with E-state index in [1.807, 2.05) is 6.07 Å². The van der Waals surface area contributed by atoms with Crippen LogP contribution in [-0.2, 0) is 11.2 Å². The molecule has 0 aliphatic rings. The average Bonchev–Trinajstić information content (AvgIpc) is 2.34. The van der Waals surface area contributed by atoms with Gasteiger partial charge in [0.1, 0.15) is 11.4 Å². The largest absolute Gasteiger partial charge is 0.497 e. The monoisotopic (exact) mass is 276 g/mol. The summed E-state index contributed by atoms with van der Waals surface area (Å²) in [5.41, 5.74) is 0.939. The highest BCUT2D eigenvalue weighted by Gasteiger charge is 2.17. The molecule has 1 rings (SSSR count). The maximum Gasteiger partial charge on any atom is 0.412 e. The Morgan fingerprint density at radius 3 is 2.65 bits per heavy atom. The molecule has 1 N–H and O–H groups in total. The minimum absolute atomic E-state index is 0.370. The summed E-state index contributed by atoms with van der Waals surface area (Å²) in [5.74, 6) is 0.641. The number of rotatable bonds is 4. The van der Waals surface area contributed by atoms with E-state index in [-0.39, 0.29) is 0 Å². The lowest BCUT2D eigenvalue weighted by Gasteiger charge is -2.20. The fourth-order valence-electron chi connectivity index (χ4n) is 1.61. The van der Waals surface area contributed by atoms with Gasteiger partial charge in [-0.3, -0.25) is 5.32 Å². The van der Waals surface area contributed by atoms with Gasteiger partial charge in [-0.1, -0.05) is 6.07 Å². The summed E-state index contributed by atoms with van der Waals surface area (Å²) < 4.78 is 10.4. The van der Waals surface area contributed by atoms with Crippen LogP contribution in [0.5, 0.6) is 5.75 Å². The minimum atomic E-state index is -0.556. The Morgan fingerprint density at radius 2 is 2.10 bits per heavy atom. The second kappa shape index (κ2) is 6.80. The Kier molecular flexibility index (Phi) is 5.39. The zero-order valence-electron chi connectivity index (χ0n) is 12.3. The van der Waals surface area contributed by atoms with E-state index in [9.17, 15) is 4.79 Å². The van der Waals surface area contributed by atoms with Crippen LogP contribution in [0.3, 0.4) is 0 Å². The molecule has 1 aromatic carbocycles. The Hall–Kier alpha value is -2.22. The molecule has 0 aromatic heterocycles. The second-order valence-electron chi connectivity index (χ2n) is 5.28. The molecule has 5 nitrogen and oxygen atoms in total. The summed E-state index contributed by atoms with van der Waals surface area (Å²) >= 11 is 0. The third-order valence-corrected chi connectivity index (χ3v) is 2.45. The highest BCUT2D eigenvalue weighted by atomic mass is 16.6. The van der Waals surface area contributed by atoms with Gasteiger partial charge in [0.2, 0.25) is 6.54 Å². The number of carbonyl (C=O) groups excluding carboxylic acids is 1. The molecule has 0 fully saturated rings. The van der Waals surface area contributed by atoms with E-state index in [4.69, 9.17) is 16.0 Å². The number of nitrogens with one attached hydrogen (secondary N) is 1. The van der Waals surface area contributed by atoms with Crippen molar-refractivity contribution in [2.24, 2.45) is 0 Å². The molecule has 0 unspecified atom stereocenters. The molecule has 0 saturated heterocycles. The fourth-order valence-corrected chi connectivity index (χ4v) is 1.61. The third kappa shape index (κ3) is 5.19. The lowest BCUT2D eigenvalue weighted by molar-refractivity contribution is 0.0636. The number of ether oxygens (including phenoxy) is 2. The smallest absolute Gasteiger partial charge is 0.412 e. The van der Waals surface area contributed by atoms with Crippen molar-refractivity contribution >= 4 is 11.8 Å². The van der Waals surface area contributed by atoms with Crippen molar-refractivity contribution in [2.75, 3.05) is 19.0 Å². The SMILES string of the molecule is [C-]#[N+]CCc1ccc(OC)cc1NC(=O)OC(C)(C)C. The van der Waals surface area contributed by atoms with Crippen LogP contribution in [-0.4, -0.2) is 25.3 Å². The molecule has 1 aromatic rings. The van der Waals surface area contributed by atoms with E-state index in [1.165, 1.54) is 0 Å². The van der Waals surface area contributed by atoms with E-state index >= 15 is 0 Å². The first-order valence-corrected chi connectivity index (χ1v) is 6.36. The van der Waals surface area contributed by atoms with Crippen LogP contribution >= 0.6 is 0 Å². The van der Waals surface area contributed by atoms with Crippen molar-refractivity contribution in [1.29, 1.82) is 0 Å². The highest BCUT2D eigenvalue weighted by Crippen LogP contribution is 2.24. The van der Waals surface area contributed by atoms with Gasteiger partial charge >= 0.3 is 6.09 Å². The number of carbonyl (C=O) groups is 1. The van der Waals surface area contributed by atoms with E-state index in [0.717, 1.165) is 5.56 Å². The van der Waals surface area contributed by atoms with Gasteiger partial charge < -0.3 is 14.3 Å². The highest BCUT2D eigenvalue weighted by molar-refractivity contribution is 5.86. The number of nitrogens with zero attached hydrogens (tertiary/aromatic N) is 1. The van der Waals surface area contributed by atoms with Gasteiger partial charge in [0.15, 0.2) is 0 Å². The maximum absolute atomic E-state index is 11.8. The van der Waals surface area contributed by atoms with Crippen molar-refractivity contribution in [3.05, 3.63) is 35.2 Å². The summed E-state index contributed by atoms with van der Waals surface area (Å²) in [6.45, 7) is 12.6. The zero-order valence-corrected chi connectivity index (χ0v) is 12.3. The first-order chi connectivity index (χ1) is 9.35. The summed E-state index contributed by atoms with van der Waals surface area (Å²) in [7, 11) is 1.56. The number of anilines is 1. The van der Waals surface area contributed by atoms with Gasteiger partial charge in [-0.25, -0.2) is 11.4 Å². The molecule has 0 heterocycles. The van der Waals surface area contributed by atoms with E-state index in [1.54, 1.807) is 40.0 Å². The molecule has 108 valence electrons.